The van der Waals surface area contributed by atoms with Crippen LogP contribution in [0.5, 0.6) is 0 Å². The van der Waals surface area contributed by atoms with E-state index in [9.17, 15) is 14.4 Å². The van der Waals surface area contributed by atoms with Gasteiger partial charge in [0.05, 0.1) is 15.4 Å². The van der Waals surface area contributed by atoms with Crippen molar-refractivity contribution in [1.82, 2.24) is 14.9 Å². The molecule has 3 heterocycles. The normalized spacial score (nSPS) is 16.0. The molecule has 0 aliphatic carbocycles. The van der Waals surface area contributed by atoms with Crippen molar-refractivity contribution in [2.75, 3.05) is 18.4 Å². The second-order valence-electron chi connectivity index (χ2n) is 7.46. The number of rotatable bonds is 5. The Balaban J connectivity index is 1.57. The third kappa shape index (κ3) is 4.57. The van der Waals surface area contributed by atoms with E-state index in [1.54, 1.807) is 30.5 Å². The van der Waals surface area contributed by atoms with Gasteiger partial charge in [-0.1, -0.05) is 12.1 Å². The van der Waals surface area contributed by atoms with Gasteiger partial charge in [-0.2, -0.15) is 5.26 Å². The van der Waals surface area contributed by atoms with E-state index in [1.165, 1.54) is 23.5 Å². The number of piperidine rings is 1. The number of benzene rings is 1. The number of amides is 1. The summed E-state index contributed by atoms with van der Waals surface area (Å²) in [5, 5.41) is 13.3. The Hall–Kier alpha value is -3.31. The molecule has 31 heavy (non-hydrogen) atoms. The summed E-state index contributed by atoms with van der Waals surface area (Å²) in [6.45, 7) is 3.03. The first-order valence-electron chi connectivity index (χ1n) is 10.2. The topological polar surface area (TPSA) is 81.9 Å². The van der Waals surface area contributed by atoms with Crippen LogP contribution in [0.1, 0.15) is 40.3 Å². The maximum Gasteiger partial charge on any atom is 0.274 e. The zero-order valence-electron chi connectivity index (χ0n) is 17.1. The molecule has 0 radical (unpaired) electrons. The highest BCUT2D eigenvalue weighted by molar-refractivity contribution is 7.15. The van der Waals surface area contributed by atoms with Crippen LogP contribution in [0.2, 0.25) is 0 Å². The van der Waals surface area contributed by atoms with Gasteiger partial charge < -0.3 is 10.2 Å². The van der Waals surface area contributed by atoms with Gasteiger partial charge in [0.2, 0.25) is 0 Å². The number of likely N-dealkylation sites (tertiary alicyclic amines) is 1. The molecule has 1 aromatic carbocycles. The van der Waals surface area contributed by atoms with Crippen molar-refractivity contribution < 1.29 is 9.18 Å². The van der Waals surface area contributed by atoms with E-state index in [1.807, 2.05) is 11.8 Å². The molecule has 6 nitrogen and oxygen atoms in total. The number of hydrogen-bond donors (Lipinski definition) is 1. The van der Waals surface area contributed by atoms with Crippen LogP contribution in [0.15, 0.2) is 42.6 Å². The summed E-state index contributed by atoms with van der Waals surface area (Å²) in [5.74, 6) is 0.0995. The van der Waals surface area contributed by atoms with Crippen molar-refractivity contribution in [1.29, 1.82) is 5.26 Å². The van der Waals surface area contributed by atoms with E-state index < -0.39 is 0 Å². The lowest BCUT2D eigenvalue weighted by atomic mass is 10.0. The van der Waals surface area contributed by atoms with E-state index in [0.29, 0.717) is 30.2 Å². The van der Waals surface area contributed by atoms with Gasteiger partial charge in [-0.15, -0.1) is 11.3 Å². The van der Waals surface area contributed by atoms with Crippen molar-refractivity contribution in [3.8, 4) is 16.5 Å². The molecule has 1 saturated heterocycles. The van der Waals surface area contributed by atoms with Crippen molar-refractivity contribution >= 4 is 23.1 Å². The lowest BCUT2D eigenvalue weighted by Crippen LogP contribution is -2.47. The highest BCUT2D eigenvalue weighted by Gasteiger charge is 2.31. The van der Waals surface area contributed by atoms with Crippen LogP contribution in [0, 0.1) is 24.1 Å². The Kier molecular flexibility index (Phi) is 6.23. The van der Waals surface area contributed by atoms with Crippen LogP contribution in [-0.4, -0.2) is 39.9 Å². The van der Waals surface area contributed by atoms with Crippen molar-refractivity contribution in [3.63, 3.8) is 0 Å². The minimum absolute atomic E-state index is 0.0297. The Bertz CT molecular complexity index is 1120. The summed E-state index contributed by atoms with van der Waals surface area (Å²) < 4.78 is 13.4. The van der Waals surface area contributed by atoms with Crippen LogP contribution >= 0.6 is 11.3 Å². The molecule has 1 aliphatic heterocycles. The van der Waals surface area contributed by atoms with Gasteiger partial charge in [-0.25, -0.2) is 14.4 Å². The Morgan fingerprint density at radius 1 is 1.32 bits per heavy atom. The van der Waals surface area contributed by atoms with E-state index >= 15 is 0 Å². The predicted molar refractivity (Wildman–Crippen MR) is 118 cm³/mol. The first-order chi connectivity index (χ1) is 15.1. The fourth-order valence-electron chi connectivity index (χ4n) is 3.84. The lowest BCUT2D eigenvalue weighted by Gasteiger charge is -2.35. The Morgan fingerprint density at radius 3 is 2.90 bits per heavy atom. The zero-order chi connectivity index (χ0) is 21.8. The number of carbonyl (C=O) groups is 1. The van der Waals surface area contributed by atoms with E-state index in [0.717, 1.165) is 34.7 Å². The van der Waals surface area contributed by atoms with Gasteiger partial charge in [0, 0.05) is 25.3 Å². The molecule has 1 amide bonds. The van der Waals surface area contributed by atoms with Gasteiger partial charge in [0.15, 0.2) is 0 Å². The molecule has 3 aromatic rings. The fraction of sp³-hybridized carbons (Fsp3) is 0.304. The first-order valence-corrected chi connectivity index (χ1v) is 11.0. The summed E-state index contributed by atoms with van der Waals surface area (Å²) in [7, 11) is 0. The fourth-order valence-corrected chi connectivity index (χ4v) is 4.75. The molecule has 2 aromatic heterocycles. The molecule has 4 rings (SSSR count). The maximum atomic E-state index is 13.5. The first kappa shape index (κ1) is 20.9. The van der Waals surface area contributed by atoms with Crippen molar-refractivity contribution in [3.05, 3.63) is 64.7 Å². The largest absolute Gasteiger partial charge is 0.367 e. The summed E-state index contributed by atoms with van der Waals surface area (Å²) in [6, 6.07) is 11.7. The molecule has 1 N–H and O–H groups in total. The number of carbonyl (C=O) groups excluding carboxylic acids is 1. The molecule has 1 unspecified atom stereocenters. The molecule has 0 bridgehead atoms. The Labute approximate surface area is 184 Å². The average molecular weight is 436 g/mol. The minimum Gasteiger partial charge on any atom is -0.367 e. The number of aryl methyl sites for hydroxylation is 1. The molecule has 0 saturated carbocycles. The number of aromatic nitrogens is 2. The van der Waals surface area contributed by atoms with E-state index in [2.05, 4.69) is 21.4 Å². The van der Waals surface area contributed by atoms with Gasteiger partial charge >= 0.3 is 0 Å². The smallest absolute Gasteiger partial charge is 0.274 e. The number of anilines is 1. The minimum atomic E-state index is -0.314. The van der Waals surface area contributed by atoms with Gasteiger partial charge in [-0.05, 0) is 56.0 Å². The molecule has 1 fully saturated rings. The summed E-state index contributed by atoms with van der Waals surface area (Å²) >= 11 is 1.44. The van der Waals surface area contributed by atoms with Crippen LogP contribution in [0.25, 0.3) is 10.4 Å². The molecule has 8 heteroatoms. The number of nitrogens with zero attached hydrogens (tertiary/aromatic N) is 4. The molecular weight excluding hydrogens is 413 g/mol. The van der Waals surface area contributed by atoms with Crippen LogP contribution < -0.4 is 5.32 Å². The van der Waals surface area contributed by atoms with Crippen molar-refractivity contribution in [2.24, 2.45) is 0 Å². The molecule has 1 atom stereocenters. The third-order valence-corrected chi connectivity index (χ3v) is 6.38. The summed E-state index contributed by atoms with van der Waals surface area (Å²) in [4.78, 5) is 24.9. The van der Waals surface area contributed by atoms with Crippen LogP contribution in [-0.2, 0) is 0 Å². The monoisotopic (exact) mass is 435 g/mol. The second kappa shape index (κ2) is 9.23. The lowest BCUT2D eigenvalue weighted by molar-refractivity contribution is 0.0623. The van der Waals surface area contributed by atoms with Crippen LogP contribution in [0.3, 0.4) is 0 Å². The number of thiazole rings is 1. The van der Waals surface area contributed by atoms with Gasteiger partial charge in [0.25, 0.3) is 5.91 Å². The highest BCUT2D eigenvalue weighted by atomic mass is 32.1. The number of hydrogen-bond acceptors (Lipinski definition) is 6. The molecule has 158 valence electrons. The highest BCUT2D eigenvalue weighted by Crippen LogP contribution is 2.32. The van der Waals surface area contributed by atoms with Crippen LogP contribution in [0.4, 0.5) is 10.2 Å². The average Bonchev–Trinajstić information content (AvgIpc) is 3.19. The second-order valence-corrected chi connectivity index (χ2v) is 8.66. The van der Waals surface area contributed by atoms with Gasteiger partial charge in [-0.3, -0.25) is 4.79 Å². The maximum absolute atomic E-state index is 13.5. The zero-order valence-corrected chi connectivity index (χ0v) is 18.0. The molecular formula is C23H22FN5OS. The standard InChI is InChI=1S/C23H22FN5OS/c1-15-28-20(21(31-15)16-7-9-18(24)10-8-16)23(30)29-12-3-2-6-19(29)14-27-22-17(13-25)5-4-11-26-22/h4-5,7-11,19H,2-3,6,12,14H2,1H3,(H,26,27). The third-order valence-electron chi connectivity index (χ3n) is 5.36. The van der Waals surface area contributed by atoms with E-state index in [-0.39, 0.29) is 17.8 Å². The summed E-state index contributed by atoms with van der Waals surface area (Å²) in [5.41, 5.74) is 1.68. The Morgan fingerprint density at radius 2 is 2.13 bits per heavy atom. The number of nitriles is 1. The number of halogens is 1. The number of nitrogens with one attached hydrogen (secondary N) is 1. The van der Waals surface area contributed by atoms with Crippen molar-refractivity contribution in [2.45, 2.75) is 32.2 Å². The van der Waals surface area contributed by atoms with E-state index in [4.69, 9.17) is 0 Å². The van der Waals surface area contributed by atoms with Gasteiger partial charge in [0.1, 0.15) is 23.4 Å². The number of pyridine rings is 1. The molecule has 1 aliphatic rings. The SMILES string of the molecule is Cc1nc(C(=O)N2CCCCC2CNc2ncccc2C#N)c(-c2ccc(F)cc2)s1. The quantitative estimate of drug-likeness (QED) is 0.632. The summed E-state index contributed by atoms with van der Waals surface area (Å²) in [6.07, 6.45) is 4.47. The molecule has 0 spiro atoms. The predicted octanol–water partition coefficient (Wildman–Crippen LogP) is 4.63.